The third-order valence-electron chi connectivity index (χ3n) is 4.84. The van der Waals surface area contributed by atoms with Crippen LogP contribution in [0.2, 0.25) is 0 Å². The highest BCUT2D eigenvalue weighted by atomic mass is 127. The summed E-state index contributed by atoms with van der Waals surface area (Å²) >= 11 is 1.75. The quantitative estimate of drug-likeness (QED) is 0.478. The van der Waals surface area contributed by atoms with E-state index in [1.807, 2.05) is 11.9 Å². The fraction of sp³-hybridized carbons (Fsp3) is 0.350. The van der Waals surface area contributed by atoms with E-state index in [2.05, 4.69) is 10.2 Å². The minimum Gasteiger partial charge on any atom is -0.322 e. The van der Waals surface area contributed by atoms with Crippen molar-refractivity contribution in [1.82, 2.24) is 9.80 Å². The number of alkyl halides is 3. The topological polar surface area (TPSA) is 35.6 Å². The lowest BCUT2D eigenvalue weighted by Gasteiger charge is -2.33. The van der Waals surface area contributed by atoms with Gasteiger partial charge in [-0.2, -0.15) is 13.2 Å². The molecule has 1 fully saturated rings. The molecule has 2 aromatic rings. The average Bonchev–Trinajstić information content (AvgIpc) is 2.66. The molecule has 0 unspecified atom stereocenters. The van der Waals surface area contributed by atoms with Gasteiger partial charge < -0.3 is 10.2 Å². The third kappa shape index (κ3) is 5.67. The molecule has 0 spiro atoms. The van der Waals surface area contributed by atoms with E-state index in [-0.39, 0.29) is 26.9 Å². The molecule has 0 atom stereocenters. The van der Waals surface area contributed by atoms with Gasteiger partial charge >= 0.3 is 6.18 Å². The molecule has 0 aliphatic carbocycles. The number of hydrogen-bond donors (Lipinski definition) is 1. The first-order chi connectivity index (χ1) is 13.6. The van der Waals surface area contributed by atoms with Gasteiger partial charge in [-0.1, -0.05) is 6.07 Å². The number of halogens is 5. The number of amides is 1. The van der Waals surface area contributed by atoms with Crippen molar-refractivity contribution in [2.75, 3.05) is 38.5 Å². The largest absolute Gasteiger partial charge is 0.416 e. The van der Waals surface area contributed by atoms with Crippen LogP contribution in [0, 0.1) is 9.39 Å². The zero-order chi connectivity index (χ0) is 21.2. The lowest BCUT2D eigenvalue weighted by Crippen LogP contribution is -2.44. The molecule has 1 aliphatic rings. The first-order valence-electron chi connectivity index (χ1n) is 9.01. The van der Waals surface area contributed by atoms with Crippen molar-refractivity contribution in [1.29, 1.82) is 0 Å². The Morgan fingerprint density at radius 3 is 2.41 bits per heavy atom. The summed E-state index contributed by atoms with van der Waals surface area (Å²) in [5.41, 5.74) is -0.367. The Balaban J connectivity index is 1.79. The SMILES string of the molecule is CN1CCN(Cc2ccc(NC(=O)c3ccc(F)c(I)c3)cc2C(F)(F)F)CC1. The molecule has 1 N–H and O–H groups in total. The fourth-order valence-corrected chi connectivity index (χ4v) is 3.66. The molecule has 1 amide bonds. The fourth-order valence-electron chi connectivity index (χ4n) is 3.14. The Morgan fingerprint density at radius 2 is 1.79 bits per heavy atom. The molecule has 3 rings (SSSR count). The highest BCUT2D eigenvalue weighted by molar-refractivity contribution is 14.1. The molecular weight excluding hydrogens is 501 g/mol. The number of nitrogens with zero attached hydrogens (tertiary/aromatic N) is 2. The molecule has 1 heterocycles. The molecule has 0 saturated carbocycles. The van der Waals surface area contributed by atoms with E-state index in [9.17, 15) is 22.4 Å². The molecule has 1 saturated heterocycles. The summed E-state index contributed by atoms with van der Waals surface area (Å²) in [5.74, 6) is -1.06. The lowest BCUT2D eigenvalue weighted by atomic mass is 10.0. The number of carbonyl (C=O) groups is 1. The predicted octanol–water partition coefficient (Wildman–Crippen LogP) is 4.45. The van der Waals surface area contributed by atoms with Crippen molar-refractivity contribution < 1.29 is 22.4 Å². The maximum absolute atomic E-state index is 13.6. The van der Waals surface area contributed by atoms with Gasteiger partial charge in [-0.25, -0.2) is 4.39 Å². The van der Waals surface area contributed by atoms with E-state index in [4.69, 9.17) is 0 Å². The van der Waals surface area contributed by atoms with Gasteiger partial charge in [0.1, 0.15) is 5.82 Å². The van der Waals surface area contributed by atoms with Crippen molar-refractivity contribution in [3.05, 3.63) is 62.5 Å². The van der Waals surface area contributed by atoms with Crippen LogP contribution in [-0.2, 0) is 12.7 Å². The molecule has 29 heavy (non-hydrogen) atoms. The van der Waals surface area contributed by atoms with E-state index < -0.39 is 23.5 Å². The summed E-state index contributed by atoms with van der Waals surface area (Å²) < 4.78 is 54.5. The Hall–Kier alpha value is -1.72. The molecule has 1 aliphatic heterocycles. The Bertz CT molecular complexity index is 896. The van der Waals surface area contributed by atoms with Crippen molar-refractivity contribution >= 4 is 34.2 Å². The van der Waals surface area contributed by atoms with Crippen LogP contribution in [0.3, 0.4) is 0 Å². The monoisotopic (exact) mass is 521 g/mol. The van der Waals surface area contributed by atoms with E-state index in [0.29, 0.717) is 13.1 Å². The number of likely N-dealkylation sites (N-methyl/N-ethyl adjacent to an activating group) is 1. The van der Waals surface area contributed by atoms with Gasteiger partial charge in [0, 0.05) is 47.5 Å². The Labute approximate surface area is 180 Å². The van der Waals surface area contributed by atoms with Crippen molar-refractivity contribution in [3.63, 3.8) is 0 Å². The van der Waals surface area contributed by atoms with Crippen LogP contribution < -0.4 is 5.32 Å². The van der Waals surface area contributed by atoms with Crippen LogP contribution in [0.5, 0.6) is 0 Å². The van der Waals surface area contributed by atoms with E-state index in [1.54, 1.807) is 22.6 Å². The van der Waals surface area contributed by atoms with E-state index in [0.717, 1.165) is 25.2 Å². The van der Waals surface area contributed by atoms with Crippen LogP contribution in [0.15, 0.2) is 36.4 Å². The highest BCUT2D eigenvalue weighted by Crippen LogP contribution is 2.34. The smallest absolute Gasteiger partial charge is 0.322 e. The molecule has 9 heteroatoms. The van der Waals surface area contributed by atoms with E-state index >= 15 is 0 Å². The second kappa shape index (κ2) is 8.97. The minimum absolute atomic E-state index is 0.0452. The third-order valence-corrected chi connectivity index (χ3v) is 5.67. The first kappa shape index (κ1) is 22.0. The van der Waals surface area contributed by atoms with Crippen LogP contribution in [0.4, 0.5) is 23.2 Å². The van der Waals surface area contributed by atoms with Gasteiger partial charge in [-0.3, -0.25) is 9.69 Å². The number of benzene rings is 2. The molecular formula is C20H20F4IN3O. The van der Waals surface area contributed by atoms with Gasteiger partial charge in [0.15, 0.2) is 0 Å². The highest BCUT2D eigenvalue weighted by Gasteiger charge is 2.34. The van der Waals surface area contributed by atoms with Gasteiger partial charge in [-0.05, 0) is 65.5 Å². The summed E-state index contributed by atoms with van der Waals surface area (Å²) in [6, 6.07) is 7.61. The number of carbonyl (C=O) groups excluding carboxylic acids is 1. The van der Waals surface area contributed by atoms with Crippen molar-refractivity contribution in [2.45, 2.75) is 12.7 Å². The van der Waals surface area contributed by atoms with Crippen molar-refractivity contribution in [3.8, 4) is 0 Å². The van der Waals surface area contributed by atoms with Crippen LogP contribution in [-0.4, -0.2) is 48.9 Å². The average molecular weight is 521 g/mol. The second-order valence-corrected chi connectivity index (χ2v) is 8.19. The maximum Gasteiger partial charge on any atom is 0.416 e. The van der Waals surface area contributed by atoms with Gasteiger partial charge in [0.05, 0.1) is 5.56 Å². The summed E-state index contributed by atoms with van der Waals surface area (Å²) in [6.07, 6.45) is -4.53. The maximum atomic E-state index is 13.6. The van der Waals surface area contributed by atoms with Crippen LogP contribution in [0.1, 0.15) is 21.5 Å². The molecule has 0 radical (unpaired) electrons. The zero-order valence-corrected chi connectivity index (χ0v) is 17.8. The number of nitrogens with one attached hydrogen (secondary N) is 1. The number of rotatable bonds is 4. The zero-order valence-electron chi connectivity index (χ0n) is 15.7. The van der Waals surface area contributed by atoms with Crippen molar-refractivity contribution in [2.24, 2.45) is 0 Å². The normalized spacial score (nSPS) is 16.1. The minimum atomic E-state index is -4.53. The van der Waals surface area contributed by atoms with Gasteiger partial charge in [0.2, 0.25) is 0 Å². The Morgan fingerprint density at radius 1 is 1.10 bits per heavy atom. The number of anilines is 1. The standard InChI is InChI=1S/C20H20F4IN3O/c1-27-6-8-28(9-7-27)12-14-2-4-15(11-16(14)20(22,23)24)26-19(29)13-3-5-17(21)18(25)10-13/h2-5,10-11H,6-9,12H2,1H3,(H,26,29). The van der Waals surface area contributed by atoms with Crippen LogP contribution in [0.25, 0.3) is 0 Å². The van der Waals surface area contributed by atoms with Gasteiger partial charge in [0.25, 0.3) is 5.91 Å². The molecule has 156 valence electrons. The molecule has 0 aromatic heterocycles. The summed E-state index contributed by atoms with van der Waals surface area (Å²) in [7, 11) is 1.98. The Kier molecular flexibility index (Phi) is 6.79. The summed E-state index contributed by atoms with van der Waals surface area (Å²) in [4.78, 5) is 16.5. The predicted molar refractivity (Wildman–Crippen MR) is 111 cm³/mol. The molecule has 0 bridgehead atoms. The number of hydrogen-bond acceptors (Lipinski definition) is 3. The lowest BCUT2D eigenvalue weighted by molar-refractivity contribution is -0.138. The van der Waals surface area contributed by atoms with Crippen LogP contribution >= 0.6 is 22.6 Å². The molecule has 2 aromatic carbocycles. The number of piperazine rings is 1. The molecule has 4 nitrogen and oxygen atoms in total. The summed E-state index contributed by atoms with van der Waals surface area (Å²) in [5, 5.41) is 2.47. The summed E-state index contributed by atoms with van der Waals surface area (Å²) in [6.45, 7) is 3.23. The van der Waals surface area contributed by atoms with E-state index in [1.165, 1.54) is 24.3 Å². The second-order valence-electron chi connectivity index (χ2n) is 7.03. The van der Waals surface area contributed by atoms with Gasteiger partial charge in [-0.15, -0.1) is 0 Å². The first-order valence-corrected chi connectivity index (χ1v) is 10.1.